The van der Waals surface area contributed by atoms with Gasteiger partial charge in [-0.15, -0.1) is 0 Å². The second-order valence-electron chi connectivity index (χ2n) is 8.18. The summed E-state index contributed by atoms with van der Waals surface area (Å²) >= 11 is 0. The first-order valence-electron chi connectivity index (χ1n) is 10.8. The third-order valence-corrected chi connectivity index (χ3v) is 6.32. The number of fused-ring (bicyclic) bond motifs is 1. The van der Waals surface area contributed by atoms with Gasteiger partial charge in [-0.05, 0) is 42.7 Å². The summed E-state index contributed by atoms with van der Waals surface area (Å²) in [6.07, 6.45) is 7.63. The van der Waals surface area contributed by atoms with Crippen LogP contribution in [0.15, 0.2) is 47.4 Å². The molecule has 31 heavy (non-hydrogen) atoms. The second-order valence-corrected chi connectivity index (χ2v) is 8.18. The molecular weight excluding hydrogens is 395 g/mol. The molecule has 0 atom stereocenters. The Morgan fingerprint density at radius 3 is 2.42 bits per heavy atom. The third kappa shape index (κ3) is 4.04. The number of rotatable bonds is 6. The van der Waals surface area contributed by atoms with E-state index in [1.807, 2.05) is 23.7 Å². The molecule has 1 aromatic heterocycles. The molecule has 1 saturated carbocycles. The lowest BCUT2D eigenvalue weighted by Gasteiger charge is -2.34. The van der Waals surface area contributed by atoms with Crippen LogP contribution in [0.1, 0.15) is 32.1 Å². The van der Waals surface area contributed by atoms with Gasteiger partial charge < -0.3 is 18.9 Å². The highest BCUT2D eigenvalue weighted by Gasteiger charge is 2.24. The number of pyridine rings is 1. The van der Waals surface area contributed by atoms with Crippen LogP contribution in [0, 0.1) is 5.82 Å². The summed E-state index contributed by atoms with van der Waals surface area (Å²) in [6, 6.07) is 10.8. The molecular formula is C25H29FN2O3. The molecule has 0 bridgehead atoms. The minimum Gasteiger partial charge on any atom is -0.497 e. The van der Waals surface area contributed by atoms with Crippen molar-refractivity contribution in [1.29, 1.82) is 0 Å². The molecule has 0 saturated heterocycles. The Kier molecular flexibility index (Phi) is 6.28. The first-order valence-corrected chi connectivity index (χ1v) is 10.8. The molecule has 164 valence electrons. The minimum atomic E-state index is -0.513. The third-order valence-electron chi connectivity index (χ3n) is 6.32. The molecule has 0 radical (unpaired) electrons. The summed E-state index contributed by atoms with van der Waals surface area (Å²) in [6.45, 7) is 0.217. The van der Waals surface area contributed by atoms with Gasteiger partial charge in [0.2, 0.25) is 0 Å². The van der Waals surface area contributed by atoms with E-state index >= 15 is 4.39 Å². The van der Waals surface area contributed by atoms with Gasteiger partial charge in [-0.1, -0.05) is 31.4 Å². The summed E-state index contributed by atoms with van der Waals surface area (Å²) in [4.78, 5) is 15.7. The Bertz CT molecular complexity index is 1120. The normalized spacial score (nSPS) is 14.7. The molecule has 0 N–H and O–H groups in total. The van der Waals surface area contributed by atoms with Crippen molar-refractivity contribution >= 4 is 16.6 Å². The Balaban J connectivity index is 1.93. The van der Waals surface area contributed by atoms with Crippen molar-refractivity contribution in [2.75, 3.05) is 26.2 Å². The second kappa shape index (κ2) is 9.10. The number of halogens is 1. The van der Waals surface area contributed by atoms with Crippen molar-refractivity contribution in [2.45, 2.75) is 44.9 Å². The largest absolute Gasteiger partial charge is 0.497 e. The Hall–Kier alpha value is -2.86. The lowest BCUT2D eigenvalue weighted by Crippen LogP contribution is -2.34. The zero-order valence-corrected chi connectivity index (χ0v) is 18.4. The van der Waals surface area contributed by atoms with E-state index in [9.17, 15) is 4.79 Å². The van der Waals surface area contributed by atoms with Crippen LogP contribution in [-0.2, 0) is 11.5 Å². The van der Waals surface area contributed by atoms with Gasteiger partial charge in [-0.2, -0.15) is 0 Å². The van der Waals surface area contributed by atoms with E-state index in [2.05, 4.69) is 4.90 Å². The SMILES string of the molecule is COCn1cc(-c2ccc(OC)cc2)c(=O)c2c(F)ccc(N(C)C3CCCCC3)c21. The van der Waals surface area contributed by atoms with Crippen molar-refractivity contribution in [1.82, 2.24) is 4.57 Å². The van der Waals surface area contributed by atoms with E-state index < -0.39 is 5.82 Å². The van der Waals surface area contributed by atoms with E-state index in [4.69, 9.17) is 9.47 Å². The molecule has 1 aliphatic rings. The van der Waals surface area contributed by atoms with Gasteiger partial charge in [0, 0.05) is 32.0 Å². The number of benzene rings is 2. The van der Waals surface area contributed by atoms with Gasteiger partial charge >= 0.3 is 0 Å². The average Bonchev–Trinajstić information content (AvgIpc) is 2.81. The zero-order chi connectivity index (χ0) is 22.0. The van der Waals surface area contributed by atoms with Crippen LogP contribution >= 0.6 is 0 Å². The molecule has 3 aromatic rings. The minimum absolute atomic E-state index is 0.102. The number of ether oxygens (including phenoxy) is 2. The number of nitrogens with zero attached hydrogens (tertiary/aromatic N) is 2. The van der Waals surface area contributed by atoms with E-state index in [1.165, 1.54) is 25.3 Å². The average molecular weight is 425 g/mol. The number of hydrogen-bond acceptors (Lipinski definition) is 4. The number of hydrogen-bond donors (Lipinski definition) is 0. The standard InChI is InChI=1S/C25H29FN2O3/c1-27(18-7-5-4-6-8-18)22-14-13-21(26)23-24(22)28(16-30-2)15-20(25(23)29)17-9-11-19(31-3)12-10-17/h9-15,18H,4-8,16H2,1-3H3. The fraction of sp³-hybridized carbons (Fsp3) is 0.400. The van der Waals surface area contributed by atoms with Crippen LogP contribution < -0.4 is 15.1 Å². The Morgan fingerprint density at radius 1 is 1.06 bits per heavy atom. The Labute approximate surface area is 182 Å². The fourth-order valence-corrected chi connectivity index (χ4v) is 4.64. The van der Waals surface area contributed by atoms with Crippen LogP contribution in [0.4, 0.5) is 10.1 Å². The van der Waals surface area contributed by atoms with Crippen molar-refractivity contribution < 1.29 is 13.9 Å². The van der Waals surface area contributed by atoms with Crippen molar-refractivity contribution in [3.05, 3.63) is 58.6 Å². The predicted octanol–water partition coefficient (Wildman–Crippen LogP) is 5.19. The fourth-order valence-electron chi connectivity index (χ4n) is 4.64. The summed E-state index contributed by atoms with van der Waals surface area (Å²) in [5.74, 6) is 0.185. The molecule has 4 rings (SSSR count). The molecule has 0 amide bonds. The highest BCUT2D eigenvalue weighted by atomic mass is 19.1. The lowest BCUT2D eigenvalue weighted by atomic mass is 9.94. The maximum absolute atomic E-state index is 15.1. The summed E-state index contributed by atoms with van der Waals surface area (Å²) in [7, 11) is 5.23. The van der Waals surface area contributed by atoms with Crippen molar-refractivity contribution in [2.24, 2.45) is 0 Å². The van der Waals surface area contributed by atoms with E-state index in [-0.39, 0.29) is 17.5 Å². The summed E-state index contributed by atoms with van der Waals surface area (Å²) < 4.78 is 27.6. The van der Waals surface area contributed by atoms with Gasteiger partial charge in [0.1, 0.15) is 18.3 Å². The number of anilines is 1. The topological polar surface area (TPSA) is 43.7 Å². The molecule has 0 unspecified atom stereocenters. The molecule has 0 spiro atoms. The molecule has 6 heteroatoms. The lowest BCUT2D eigenvalue weighted by molar-refractivity contribution is 0.134. The van der Waals surface area contributed by atoms with Crippen LogP contribution in [0.2, 0.25) is 0 Å². The molecule has 1 fully saturated rings. The van der Waals surface area contributed by atoms with Gasteiger partial charge in [0.15, 0.2) is 5.43 Å². The molecule has 1 aliphatic carbocycles. The Morgan fingerprint density at radius 2 is 1.77 bits per heavy atom. The van der Waals surface area contributed by atoms with Gasteiger partial charge in [0.25, 0.3) is 0 Å². The quantitative estimate of drug-likeness (QED) is 0.546. The van der Waals surface area contributed by atoms with Crippen LogP contribution in [-0.4, -0.2) is 31.9 Å². The van der Waals surface area contributed by atoms with Crippen LogP contribution in [0.3, 0.4) is 0 Å². The molecule has 0 aliphatic heterocycles. The number of methoxy groups -OCH3 is 2. The van der Waals surface area contributed by atoms with Crippen molar-refractivity contribution in [3.8, 4) is 16.9 Å². The highest BCUT2D eigenvalue weighted by molar-refractivity contribution is 5.94. The number of aromatic nitrogens is 1. The van der Waals surface area contributed by atoms with Gasteiger partial charge in [-0.25, -0.2) is 4.39 Å². The van der Waals surface area contributed by atoms with Crippen LogP contribution in [0.5, 0.6) is 5.75 Å². The maximum atomic E-state index is 15.1. The zero-order valence-electron chi connectivity index (χ0n) is 18.4. The van der Waals surface area contributed by atoms with Gasteiger partial charge in [0.05, 0.1) is 23.7 Å². The summed E-state index contributed by atoms with van der Waals surface area (Å²) in [5, 5.41) is 0.102. The van der Waals surface area contributed by atoms with Gasteiger partial charge in [-0.3, -0.25) is 4.79 Å². The molecule has 5 nitrogen and oxygen atoms in total. The first-order chi connectivity index (χ1) is 15.0. The first kappa shape index (κ1) is 21.4. The molecule has 1 heterocycles. The molecule has 2 aromatic carbocycles. The van der Waals surface area contributed by atoms with E-state index in [1.54, 1.807) is 38.6 Å². The summed E-state index contributed by atoms with van der Waals surface area (Å²) in [5.41, 5.74) is 2.27. The smallest absolute Gasteiger partial charge is 0.200 e. The predicted molar refractivity (Wildman–Crippen MR) is 122 cm³/mol. The monoisotopic (exact) mass is 424 g/mol. The van der Waals surface area contributed by atoms with E-state index in [0.717, 1.165) is 18.5 Å². The van der Waals surface area contributed by atoms with Crippen molar-refractivity contribution in [3.63, 3.8) is 0 Å². The van der Waals surface area contributed by atoms with E-state index in [0.29, 0.717) is 28.4 Å². The highest BCUT2D eigenvalue weighted by Crippen LogP contribution is 2.33. The van der Waals surface area contributed by atoms with Crippen LogP contribution in [0.25, 0.3) is 22.0 Å². The maximum Gasteiger partial charge on any atom is 0.200 e.